The minimum absolute atomic E-state index is 0.151. The highest BCUT2D eigenvalue weighted by molar-refractivity contribution is 5.95. The van der Waals surface area contributed by atoms with Gasteiger partial charge in [0, 0.05) is 12.1 Å². The average Bonchev–Trinajstić information content (AvgIpc) is 2.41. The standard InChI is InChI=1S/C16H25N3/c1-3-13-6-8-19(9-7-13)11-15-5-4-14(16(17)18)10-12(15)2/h4-5,10,13H,3,6-9,11H2,1-2H3,(H3,17,18). The van der Waals surface area contributed by atoms with E-state index in [9.17, 15) is 0 Å². The van der Waals surface area contributed by atoms with Crippen LogP contribution in [0.2, 0.25) is 0 Å². The predicted octanol–water partition coefficient (Wildman–Crippen LogP) is 2.90. The Morgan fingerprint density at radius 2 is 2.05 bits per heavy atom. The molecule has 1 aromatic rings. The molecule has 3 heteroatoms. The molecule has 0 aromatic heterocycles. The van der Waals surface area contributed by atoms with E-state index >= 15 is 0 Å². The van der Waals surface area contributed by atoms with Gasteiger partial charge in [-0.2, -0.15) is 0 Å². The highest BCUT2D eigenvalue weighted by Crippen LogP contribution is 2.22. The van der Waals surface area contributed by atoms with Crippen LogP contribution in [0.15, 0.2) is 18.2 Å². The van der Waals surface area contributed by atoms with Crippen molar-refractivity contribution < 1.29 is 0 Å². The first-order valence-electron chi connectivity index (χ1n) is 7.26. The van der Waals surface area contributed by atoms with Gasteiger partial charge in [-0.3, -0.25) is 10.3 Å². The van der Waals surface area contributed by atoms with Crippen molar-refractivity contribution in [1.29, 1.82) is 5.41 Å². The minimum atomic E-state index is 0.151. The van der Waals surface area contributed by atoms with Gasteiger partial charge in [0.1, 0.15) is 5.84 Å². The molecule has 1 saturated heterocycles. The summed E-state index contributed by atoms with van der Waals surface area (Å²) in [6.45, 7) is 7.87. The third kappa shape index (κ3) is 3.57. The summed E-state index contributed by atoms with van der Waals surface area (Å²) in [6, 6.07) is 6.11. The number of aryl methyl sites for hydroxylation is 1. The molecule has 0 radical (unpaired) electrons. The van der Waals surface area contributed by atoms with Crippen LogP contribution in [0.3, 0.4) is 0 Å². The van der Waals surface area contributed by atoms with Crippen molar-refractivity contribution in [3.05, 3.63) is 34.9 Å². The third-order valence-corrected chi connectivity index (χ3v) is 4.33. The molecule has 3 N–H and O–H groups in total. The maximum absolute atomic E-state index is 7.47. The number of amidine groups is 1. The number of benzene rings is 1. The zero-order valence-electron chi connectivity index (χ0n) is 12.1. The van der Waals surface area contributed by atoms with Crippen LogP contribution in [-0.2, 0) is 6.54 Å². The Hall–Kier alpha value is -1.35. The van der Waals surface area contributed by atoms with E-state index in [1.54, 1.807) is 0 Å². The Morgan fingerprint density at radius 3 is 2.58 bits per heavy atom. The molecule has 2 rings (SSSR count). The highest BCUT2D eigenvalue weighted by Gasteiger charge is 2.18. The first-order chi connectivity index (χ1) is 9.10. The Morgan fingerprint density at radius 1 is 1.37 bits per heavy atom. The minimum Gasteiger partial charge on any atom is -0.384 e. The maximum Gasteiger partial charge on any atom is 0.122 e. The van der Waals surface area contributed by atoms with Gasteiger partial charge in [-0.15, -0.1) is 0 Å². The summed E-state index contributed by atoms with van der Waals surface area (Å²) >= 11 is 0. The number of nitrogens with one attached hydrogen (secondary N) is 1. The average molecular weight is 259 g/mol. The fraction of sp³-hybridized carbons (Fsp3) is 0.562. The van der Waals surface area contributed by atoms with Crippen LogP contribution in [0.4, 0.5) is 0 Å². The lowest BCUT2D eigenvalue weighted by atomic mass is 9.94. The number of nitrogens with two attached hydrogens (primary N) is 1. The molecule has 0 amide bonds. The molecular formula is C16H25N3. The molecule has 19 heavy (non-hydrogen) atoms. The second-order valence-corrected chi connectivity index (χ2v) is 5.68. The maximum atomic E-state index is 7.47. The van der Waals surface area contributed by atoms with Crippen molar-refractivity contribution in [2.45, 2.75) is 39.7 Å². The quantitative estimate of drug-likeness (QED) is 0.645. The van der Waals surface area contributed by atoms with Crippen LogP contribution in [0, 0.1) is 18.3 Å². The van der Waals surface area contributed by atoms with Gasteiger partial charge in [-0.1, -0.05) is 25.5 Å². The third-order valence-electron chi connectivity index (χ3n) is 4.33. The molecular weight excluding hydrogens is 234 g/mol. The second kappa shape index (κ2) is 6.20. The van der Waals surface area contributed by atoms with Crippen LogP contribution >= 0.6 is 0 Å². The van der Waals surface area contributed by atoms with Crippen LogP contribution in [-0.4, -0.2) is 23.8 Å². The number of nitrogens with zero attached hydrogens (tertiary/aromatic N) is 1. The van der Waals surface area contributed by atoms with Crippen molar-refractivity contribution in [1.82, 2.24) is 4.90 Å². The summed E-state index contributed by atoms with van der Waals surface area (Å²) in [7, 11) is 0. The smallest absolute Gasteiger partial charge is 0.122 e. The molecule has 1 aromatic carbocycles. The topological polar surface area (TPSA) is 53.1 Å². The number of likely N-dealkylation sites (tertiary alicyclic amines) is 1. The van der Waals surface area contributed by atoms with E-state index in [0.29, 0.717) is 0 Å². The first kappa shape index (κ1) is 14.1. The zero-order chi connectivity index (χ0) is 13.8. The van der Waals surface area contributed by atoms with E-state index < -0.39 is 0 Å². The molecule has 0 saturated carbocycles. The van der Waals surface area contributed by atoms with Crippen LogP contribution in [0.5, 0.6) is 0 Å². The Bertz CT molecular complexity index is 445. The molecule has 3 nitrogen and oxygen atoms in total. The SMILES string of the molecule is CCC1CCN(Cc2ccc(C(=N)N)cc2C)CC1. The fourth-order valence-corrected chi connectivity index (χ4v) is 2.83. The van der Waals surface area contributed by atoms with Gasteiger partial charge in [0.15, 0.2) is 0 Å². The molecule has 0 spiro atoms. The van der Waals surface area contributed by atoms with Crippen molar-refractivity contribution in [2.75, 3.05) is 13.1 Å². The molecule has 0 unspecified atom stereocenters. The summed E-state index contributed by atoms with van der Waals surface area (Å²) in [5.74, 6) is 1.08. The van der Waals surface area contributed by atoms with Gasteiger partial charge < -0.3 is 5.73 Å². The molecule has 0 atom stereocenters. The van der Waals surface area contributed by atoms with Crippen molar-refractivity contribution in [3.8, 4) is 0 Å². The lowest BCUT2D eigenvalue weighted by Gasteiger charge is -2.31. The van der Waals surface area contributed by atoms with E-state index in [0.717, 1.165) is 18.0 Å². The molecule has 104 valence electrons. The monoisotopic (exact) mass is 259 g/mol. The van der Waals surface area contributed by atoms with Gasteiger partial charge in [0.25, 0.3) is 0 Å². The molecule has 0 aliphatic carbocycles. The van der Waals surface area contributed by atoms with E-state index in [1.807, 2.05) is 12.1 Å². The van der Waals surface area contributed by atoms with Gasteiger partial charge in [-0.25, -0.2) is 0 Å². The largest absolute Gasteiger partial charge is 0.384 e. The van der Waals surface area contributed by atoms with E-state index in [4.69, 9.17) is 11.1 Å². The fourth-order valence-electron chi connectivity index (χ4n) is 2.83. The van der Waals surface area contributed by atoms with Crippen LogP contribution in [0.1, 0.15) is 42.9 Å². The van der Waals surface area contributed by atoms with Crippen molar-refractivity contribution in [2.24, 2.45) is 11.7 Å². The predicted molar refractivity (Wildman–Crippen MR) is 80.5 cm³/mol. The molecule has 0 bridgehead atoms. The lowest BCUT2D eigenvalue weighted by Crippen LogP contribution is -2.33. The summed E-state index contributed by atoms with van der Waals surface area (Å²) < 4.78 is 0. The van der Waals surface area contributed by atoms with Crippen LogP contribution in [0.25, 0.3) is 0 Å². The summed E-state index contributed by atoms with van der Waals surface area (Å²) in [6.07, 6.45) is 3.99. The number of rotatable bonds is 4. The number of hydrogen-bond acceptors (Lipinski definition) is 2. The van der Waals surface area contributed by atoms with Crippen molar-refractivity contribution in [3.63, 3.8) is 0 Å². The van der Waals surface area contributed by atoms with E-state index in [-0.39, 0.29) is 5.84 Å². The number of hydrogen-bond donors (Lipinski definition) is 2. The molecule has 1 aliphatic heterocycles. The van der Waals surface area contributed by atoms with E-state index in [1.165, 1.54) is 43.5 Å². The van der Waals surface area contributed by atoms with Gasteiger partial charge in [0.2, 0.25) is 0 Å². The molecule has 1 fully saturated rings. The normalized spacial score (nSPS) is 17.6. The molecule has 1 aliphatic rings. The van der Waals surface area contributed by atoms with Gasteiger partial charge in [0.05, 0.1) is 0 Å². The summed E-state index contributed by atoms with van der Waals surface area (Å²) in [5, 5.41) is 7.47. The number of nitrogen functional groups attached to an aromatic ring is 1. The number of piperidine rings is 1. The van der Waals surface area contributed by atoms with Gasteiger partial charge >= 0.3 is 0 Å². The molecule has 1 heterocycles. The Kier molecular flexibility index (Phi) is 4.59. The summed E-state index contributed by atoms with van der Waals surface area (Å²) in [4.78, 5) is 2.54. The Labute approximate surface area is 116 Å². The highest BCUT2D eigenvalue weighted by atomic mass is 15.1. The second-order valence-electron chi connectivity index (χ2n) is 5.68. The Balaban J connectivity index is 1.98. The zero-order valence-corrected chi connectivity index (χ0v) is 12.1. The lowest BCUT2D eigenvalue weighted by molar-refractivity contribution is 0.175. The van der Waals surface area contributed by atoms with Crippen LogP contribution < -0.4 is 5.73 Å². The summed E-state index contributed by atoms with van der Waals surface area (Å²) in [5.41, 5.74) is 8.95. The first-order valence-corrected chi connectivity index (χ1v) is 7.26. The van der Waals surface area contributed by atoms with E-state index in [2.05, 4.69) is 24.8 Å². The van der Waals surface area contributed by atoms with Gasteiger partial charge in [-0.05, 0) is 56.0 Å². The van der Waals surface area contributed by atoms with Crippen molar-refractivity contribution >= 4 is 5.84 Å².